The van der Waals surface area contributed by atoms with Crippen LogP contribution in [0.5, 0.6) is 0 Å². The van der Waals surface area contributed by atoms with Gasteiger partial charge < -0.3 is 25.3 Å². The lowest BCUT2D eigenvalue weighted by atomic mass is 9.90. The molecule has 0 bridgehead atoms. The SMILES string of the molecule is O=C(Cc1ccccc1)N[C@@H]1C(=O)N2C(C(=O)O)=C(CN3CCN(c4cc5c(cc4F)C(=O)C(C(=O)O)CN5C4CC4)CC3)CS[C@H]12. The third kappa shape index (κ3) is 5.84. The molecule has 3 atom stereocenters. The molecule has 5 aliphatic rings. The molecule has 1 aliphatic carbocycles. The van der Waals surface area contributed by atoms with Crippen LogP contribution in [-0.2, 0) is 25.6 Å². The molecular weight excluding hydrogens is 629 g/mol. The van der Waals surface area contributed by atoms with Gasteiger partial charge in [0, 0.05) is 56.6 Å². The maximum absolute atomic E-state index is 15.4. The number of benzene rings is 2. The summed E-state index contributed by atoms with van der Waals surface area (Å²) in [4.78, 5) is 69.9. The van der Waals surface area contributed by atoms with Crippen molar-refractivity contribution in [2.45, 2.75) is 36.7 Å². The summed E-state index contributed by atoms with van der Waals surface area (Å²) < 4.78 is 15.4. The van der Waals surface area contributed by atoms with Crippen LogP contribution in [0.3, 0.4) is 0 Å². The number of rotatable bonds is 9. The molecule has 4 heterocycles. The van der Waals surface area contributed by atoms with E-state index in [0.717, 1.165) is 18.4 Å². The van der Waals surface area contributed by atoms with Crippen LogP contribution in [0.15, 0.2) is 53.7 Å². The molecule has 3 N–H and O–H groups in total. The van der Waals surface area contributed by atoms with Gasteiger partial charge >= 0.3 is 11.9 Å². The van der Waals surface area contributed by atoms with Gasteiger partial charge in [-0.25, -0.2) is 9.18 Å². The minimum atomic E-state index is -1.22. The fourth-order valence-corrected chi connectivity index (χ4v) is 8.28. The van der Waals surface area contributed by atoms with E-state index in [2.05, 4.69) is 10.2 Å². The second-order valence-electron chi connectivity index (χ2n) is 12.6. The maximum Gasteiger partial charge on any atom is 0.352 e. The van der Waals surface area contributed by atoms with Gasteiger partial charge in [-0.1, -0.05) is 30.3 Å². The predicted molar refractivity (Wildman–Crippen MR) is 171 cm³/mol. The number of carboxylic acid groups (broad SMARTS) is 2. The number of ketones is 1. The van der Waals surface area contributed by atoms with Crippen LogP contribution < -0.4 is 15.1 Å². The smallest absolute Gasteiger partial charge is 0.352 e. The fraction of sp³-hybridized carbons (Fsp3) is 0.424. The Hall–Kier alpha value is -4.43. The zero-order chi connectivity index (χ0) is 33.0. The third-order valence-electron chi connectivity index (χ3n) is 9.52. The number of hydrogen-bond donors (Lipinski definition) is 3. The van der Waals surface area contributed by atoms with Crippen LogP contribution in [0.2, 0.25) is 0 Å². The lowest BCUT2D eigenvalue weighted by Crippen LogP contribution is -2.70. The maximum atomic E-state index is 15.4. The molecule has 2 amide bonds. The average molecular weight is 664 g/mol. The Bertz CT molecular complexity index is 1690. The normalized spacial score (nSPS) is 24.4. The van der Waals surface area contributed by atoms with E-state index in [0.29, 0.717) is 55.4 Å². The Morgan fingerprint density at radius 2 is 1.70 bits per heavy atom. The number of nitrogens with zero attached hydrogens (tertiary/aromatic N) is 4. The van der Waals surface area contributed by atoms with Crippen molar-refractivity contribution in [1.82, 2.24) is 15.1 Å². The van der Waals surface area contributed by atoms with E-state index in [1.54, 1.807) is 6.07 Å². The van der Waals surface area contributed by atoms with Crippen molar-refractivity contribution in [3.8, 4) is 0 Å². The number of thioether (sulfide) groups is 1. The Morgan fingerprint density at radius 1 is 0.979 bits per heavy atom. The summed E-state index contributed by atoms with van der Waals surface area (Å²) in [5.41, 5.74) is 2.42. The van der Waals surface area contributed by atoms with Crippen LogP contribution >= 0.6 is 11.8 Å². The lowest BCUT2D eigenvalue weighted by molar-refractivity contribution is -0.150. The first-order valence-corrected chi connectivity index (χ1v) is 16.7. The first-order valence-electron chi connectivity index (χ1n) is 15.7. The van der Waals surface area contributed by atoms with Gasteiger partial charge in [-0.15, -0.1) is 11.8 Å². The number of Topliss-reactive ketones (excluding diaryl/α,β-unsaturated/α-hetero) is 1. The third-order valence-corrected chi connectivity index (χ3v) is 10.9. The number of aliphatic carboxylic acids is 2. The van der Waals surface area contributed by atoms with Crippen molar-refractivity contribution in [1.29, 1.82) is 0 Å². The highest BCUT2D eigenvalue weighted by Crippen LogP contribution is 2.42. The molecule has 7 rings (SSSR count). The zero-order valence-electron chi connectivity index (χ0n) is 25.4. The Labute approximate surface area is 274 Å². The topological polar surface area (TPSA) is 151 Å². The average Bonchev–Trinajstić information content (AvgIpc) is 3.90. The summed E-state index contributed by atoms with van der Waals surface area (Å²) in [6, 6.07) is 11.4. The molecule has 1 unspecified atom stereocenters. The number of amides is 2. The largest absolute Gasteiger partial charge is 0.481 e. The Balaban J connectivity index is 1.01. The summed E-state index contributed by atoms with van der Waals surface area (Å²) in [6.45, 7) is 2.34. The number of hydrogen-bond acceptors (Lipinski definition) is 9. The van der Waals surface area contributed by atoms with E-state index in [9.17, 15) is 34.2 Å². The zero-order valence-corrected chi connectivity index (χ0v) is 26.2. The molecule has 2 aromatic carbocycles. The number of piperazine rings is 1. The molecule has 1 saturated carbocycles. The highest BCUT2D eigenvalue weighted by Gasteiger charge is 2.54. The highest BCUT2D eigenvalue weighted by atomic mass is 32.2. The molecule has 2 aromatic rings. The van der Waals surface area contributed by atoms with Crippen LogP contribution in [0.25, 0.3) is 0 Å². The number of nitrogens with one attached hydrogen (secondary N) is 1. The molecular formula is C33H34FN5O7S. The second-order valence-corrected chi connectivity index (χ2v) is 13.7. The van der Waals surface area contributed by atoms with Gasteiger partial charge in [-0.05, 0) is 36.1 Å². The van der Waals surface area contributed by atoms with Gasteiger partial charge in [0.15, 0.2) is 5.78 Å². The predicted octanol–water partition coefficient (Wildman–Crippen LogP) is 1.79. The monoisotopic (exact) mass is 663 g/mol. The number of β-lactam (4-membered cyclic amide) rings is 1. The van der Waals surface area contributed by atoms with Crippen LogP contribution in [0, 0.1) is 11.7 Å². The summed E-state index contributed by atoms with van der Waals surface area (Å²) in [5.74, 6) is -5.12. The van der Waals surface area contributed by atoms with E-state index < -0.39 is 46.8 Å². The lowest BCUT2D eigenvalue weighted by Gasteiger charge is -2.50. The molecule has 0 radical (unpaired) electrons. The highest BCUT2D eigenvalue weighted by molar-refractivity contribution is 8.00. The molecule has 2 saturated heterocycles. The minimum absolute atomic E-state index is 0.0417. The first-order chi connectivity index (χ1) is 22.6. The van der Waals surface area contributed by atoms with Crippen LogP contribution in [-0.4, -0.2) is 112 Å². The minimum Gasteiger partial charge on any atom is -0.481 e. The summed E-state index contributed by atoms with van der Waals surface area (Å²) in [6.07, 6.45) is 1.91. The number of carboxylic acids is 2. The van der Waals surface area contributed by atoms with Crippen LogP contribution in [0.1, 0.15) is 28.8 Å². The van der Waals surface area contributed by atoms with Crippen molar-refractivity contribution in [3.05, 3.63) is 70.7 Å². The summed E-state index contributed by atoms with van der Waals surface area (Å²) in [5, 5.41) is 22.0. The van der Waals surface area contributed by atoms with E-state index >= 15 is 4.39 Å². The van der Waals surface area contributed by atoms with Gasteiger partial charge in [0.2, 0.25) is 5.91 Å². The van der Waals surface area contributed by atoms with Gasteiger partial charge in [0.05, 0.1) is 17.8 Å². The molecule has 14 heteroatoms. The second kappa shape index (κ2) is 12.3. The van der Waals surface area contributed by atoms with Gasteiger partial charge in [-0.3, -0.25) is 29.0 Å². The first kappa shape index (κ1) is 31.2. The number of fused-ring (bicyclic) bond motifs is 2. The molecule has 0 aromatic heterocycles. The molecule has 4 aliphatic heterocycles. The molecule has 0 spiro atoms. The van der Waals surface area contributed by atoms with E-state index in [-0.39, 0.29) is 36.2 Å². The van der Waals surface area contributed by atoms with E-state index in [1.807, 2.05) is 40.1 Å². The van der Waals surface area contributed by atoms with Gasteiger partial charge in [-0.2, -0.15) is 0 Å². The number of carbonyl (C=O) groups excluding carboxylic acids is 3. The Kier molecular flexibility index (Phi) is 8.16. The van der Waals surface area contributed by atoms with E-state index in [1.165, 1.54) is 22.7 Å². The van der Waals surface area contributed by atoms with E-state index in [4.69, 9.17) is 0 Å². The molecule has 246 valence electrons. The van der Waals surface area contributed by atoms with Crippen molar-refractivity contribution in [2.24, 2.45) is 5.92 Å². The quantitative estimate of drug-likeness (QED) is 0.266. The standard InChI is InChI=1S/C33H34FN5O7S/c34-23-13-21-24(38(20-6-7-20)16-22(29(21)41)32(43)44)14-25(23)37-10-8-36(9-11-37)15-19-17-47-31-27(30(42)39(31)28(19)33(45)46)35-26(40)12-18-4-2-1-3-5-18/h1-5,13-14,20,22,27,31H,6-12,15-17H2,(H,35,40)(H,43,44)(H,45,46)/t22?,27-,31-/m1/s1. The molecule has 47 heavy (non-hydrogen) atoms. The van der Waals surface area contributed by atoms with Crippen molar-refractivity contribution >= 4 is 52.7 Å². The van der Waals surface area contributed by atoms with Crippen molar-refractivity contribution in [2.75, 3.05) is 54.8 Å². The number of anilines is 2. The fourth-order valence-electron chi connectivity index (χ4n) is 6.94. The van der Waals surface area contributed by atoms with Crippen molar-refractivity contribution < 1.29 is 38.6 Å². The van der Waals surface area contributed by atoms with Gasteiger partial charge in [0.25, 0.3) is 5.91 Å². The van der Waals surface area contributed by atoms with Gasteiger partial charge in [0.1, 0.15) is 28.8 Å². The molecule has 3 fully saturated rings. The summed E-state index contributed by atoms with van der Waals surface area (Å²) >= 11 is 1.43. The van der Waals surface area contributed by atoms with Crippen molar-refractivity contribution in [3.63, 3.8) is 0 Å². The Morgan fingerprint density at radius 3 is 2.36 bits per heavy atom. The number of halogens is 1. The summed E-state index contributed by atoms with van der Waals surface area (Å²) in [7, 11) is 0. The van der Waals surface area contributed by atoms with Crippen LogP contribution in [0.4, 0.5) is 15.8 Å². The molecule has 12 nitrogen and oxygen atoms in total. The number of carbonyl (C=O) groups is 5.